The number of fused-ring (bicyclic) bond motifs is 1. The van der Waals surface area contributed by atoms with Crippen molar-refractivity contribution in [2.45, 2.75) is 32.8 Å². The molecule has 5 rings (SSSR count). The lowest BCUT2D eigenvalue weighted by Gasteiger charge is -2.15. The highest BCUT2D eigenvalue weighted by Gasteiger charge is 2.33. The van der Waals surface area contributed by atoms with Gasteiger partial charge in [0, 0.05) is 10.9 Å². The number of carbonyl (C=O) groups is 1. The summed E-state index contributed by atoms with van der Waals surface area (Å²) in [7, 11) is -2.37. The Kier molecular flexibility index (Phi) is 10.1. The summed E-state index contributed by atoms with van der Waals surface area (Å²) in [5.41, 5.74) is 4.66. The second-order valence-electron chi connectivity index (χ2n) is 9.48. The largest absolute Gasteiger partial charge is 0.642 e. The summed E-state index contributed by atoms with van der Waals surface area (Å²) in [5.74, 6) is -0.554. The zero-order valence-electron chi connectivity index (χ0n) is 22.5. The van der Waals surface area contributed by atoms with Crippen LogP contribution in [0.2, 0.25) is 0 Å². The van der Waals surface area contributed by atoms with Crippen LogP contribution in [0.25, 0.3) is 11.0 Å². The van der Waals surface area contributed by atoms with E-state index >= 15 is 0 Å². The second kappa shape index (κ2) is 14.4. The Bertz CT molecular complexity index is 1660. The van der Waals surface area contributed by atoms with Crippen LogP contribution < -0.4 is 4.74 Å². The molecule has 0 spiro atoms. The van der Waals surface area contributed by atoms with E-state index in [1.807, 2.05) is 78.9 Å². The van der Waals surface area contributed by atoms with Crippen LogP contribution in [-0.2, 0) is 51.5 Å². The standard InChI is InChI=1S/C32H27BrNO7P/c33-29-16-26(15-28-13-14-38-32(28)29)20-39-30-17-25(11-12-27(30)18-31(35)36)19-34(40-21-23-7-3-1-4-8-23)42(37)41-22-24-9-5-2-6-10-24/h1-17H,18-22H2/p+1. The van der Waals surface area contributed by atoms with Gasteiger partial charge in [0.2, 0.25) is 0 Å². The molecule has 1 N–H and O–H groups in total. The molecule has 0 aliphatic rings. The summed E-state index contributed by atoms with van der Waals surface area (Å²) < 4.78 is 31.4. The number of benzene rings is 4. The zero-order valence-corrected chi connectivity index (χ0v) is 25.0. The van der Waals surface area contributed by atoms with Crippen molar-refractivity contribution in [3.63, 3.8) is 0 Å². The number of hydrogen-bond donors (Lipinski definition) is 1. The SMILES string of the molecule is O=C(O)Cc1ccc(CN(OCc2ccccc2)[P+](=O)OCc2ccccc2)cc1OCc1cc(Br)c2occc2c1. The highest BCUT2D eigenvalue weighted by atomic mass is 79.9. The van der Waals surface area contributed by atoms with E-state index in [4.69, 9.17) is 18.5 Å². The van der Waals surface area contributed by atoms with Crippen molar-refractivity contribution >= 4 is 41.0 Å². The van der Waals surface area contributed by atoms with Crippen LogP contribution in [0.1, 0.15) is 27.8 Å². The van der Waals surface area contributed by atoms with E-state index in [-0.39, 0.29) is 32.8 Å². The Morgan fingerprint density at radius 2 is 1.55 bits per heavy atom. The highest BCUT2D eigenvalue weighted by molar-refractivity contribution is 9.10. The van der Waals surface area contributed by atoms with E-state index in [1.54, 1.807) is 24.5 Å². The smallest absolute Gasteiger partial charge is 0.489 e. The Morgan fingerprint density at radius 1 is 0.833 bits per heavy atom. The lowest BCUT2D eigenvalue weighted by molar-refractivity contribution is -0.136. The highest BCUT2D eigenvalue weighted by Crippen LogP contribution is 2.34. The van der Waals surface area contributed by atoms with E-state index in [0.717, 1.165) is 32.1 Å². The molecule has 1 aromatic heterocycles. The van der Waals surface area contributed by atoms with Crippen molar-refractivity contribution < 1.29 is 33.0 Å². The van der Waals surface area contributed by atoms with Gasteiger partial charge in [-0.2, -0.15) is 0 Å². The Hall–Kier alpha value is -3.85. The van der Waals surface area contributed by atoms with Crippen molar-refractivity contribution in [3.8, 4) is 5.75 Å². The van der Waals surface area contributed by atoms with Gasteiger partial charge in [0.25, 0.3) is 0 Å². The molecular formula is C32H28BrNO7P+. The van der Waals surface area contributed by atoms with Gasteiger partial charge in [-0.25, -0.2) is 0 Å². The molecule has 4 aromatic carbocycles. The van der Waals surface area contributed by atoms with Gasteiger partial charge in [-0.15, -0.1) is 4.52 Å². The minimum Gasteiger partial charge on any atom is -0.489 e. The molecule has 0 radical (unpaired) electrons. The summed E-state index contributed by atoms with van der Waals surface area (Å²) in [4.78, 5) is 18.8. The topological polar surface area (TPSA) is 98.4 Å². The fraction of sp³-hybridized carbons (Fsp3) is 0.156. The summed E-state index contributed by atoms with van der Waals surface area (Å²) in [6.45, 7) is 0.678. The predicted molar refractivity (Wildman–Crippen MR) is 162 cm³/mol. The van der Waals surface area contributed by atoms with Crippen molar-refractivity contribution in [1.82, 2.24) is 4.83 Å². The second-order valence-corrected chi connectivity index (χ2v) is 11.5. The maximum atomic E-state index is 13.3. The average Bonchev–Trinajstić information content (AvgIpc) is 3.48. The summed E-state index contributed by atoms with van der Waals surface area (Å²) in [6, 6.07) is 30.0. The maximum Gasteiger partial charge on any atom is 0.642 e. The van der Waals surface area contributed by atoms with Gasteiger partial charge in [0.1, 0.15) is 31.1 Å². The third-order valence-corrected chi connectivity index (χ3v) is 7.90. The minimum absolute atomic E-state index is 0.118. The Labute approximate surface area is 252 Å². The van der Waals surface area contributed by atoms with Crippen molar-refractivity contribution in [2.75, 3.05) is 0 Å². The van der Waals surface area contributed by atoms with Gasteiger partial charge in [-0.1, -0.05) is 72.8 Å². The number of aliphatic carboxylic acids is 1. The van der Waals surface area contributed by atoms with Crippen LogP contribution in [0, 0.1) is 0 Å². The molecule has 1 heterocycles. The molecule has 0 aliphatic heterocycles. The molecule has 1 atom stereocenters. The molecular weight excluding hydrogens is 621 g/mol. The molecule has 214 valence electrons. The van der Waals surface area contributed by atoms with Crippen molar-refractivity contribution in [3.05, 3.63) is 136 Å². The molecule has 1 unspecified atom stereocenters. The lowest BCUT2D eigenvalue weighted by atomic mass is 10.1. The molecule has 0 saturated heterocycles. The van der Waals surface area contributed by atoms with Crippen LogP contribution in [0.3, 0.4) is 0 Å². The predicted octanol–water partition coefficient (Wildman–Crippen LogP) is 8.21. The van der Waals surface area contributed by atoms with Crippen molar-refractivity contribution in [1.29, 1.82) is 0 Å². The molecule has 0 fully saturated rings. The fourth-order valence-corrected chi connectivity index (χ4v) is 5.72. The number of carboxylic acids is 1. The van der Waals surface area contributed by atoms with Gasteiger partial charge >= 0.3 is 14.1 Å². The normalized spacial score (nSPS) is 11.6. The zero-order chi connectivity index (χ0) is 29.3. The van der Waals surface area contributed by atoms with Gasteiger partial charge in [0.05, 0.1) is 28.6 Å². The lowest BCUT2D eigenvalue weighted by Crippen LogP contribution is -2.17. The Morgan fingerprint density at radius 3 is 2.26 bits per heavy atom. The molecule has 8 nitrogen and oxygen atoms in total. The van der Waals surface area contributed by atoms with Crippen LogP contribution in [0.15, 0.2) is 112 Å². The monoisotopic (exact) mass is 648 g/mol. The number of furan rings is 1. The third-order valence-electron chi connectivity index (χ3n) is 6.34. The first-order valence-electron chi connectivity index (χ1n) is 13.1. The molecule has 0 aliphatic carbocycles. The molecule has 0 amide bonds. The first kappa shape index (κ1) is 29.6. The summed E-state index contributed by atoms with van der Waals surface area (Å²) in [5, 5.41) is 10.4. The summed E-state index contributed by atoms with van der Waals surface area (Å²) >= 11 is 3.53. The van der Waals surface area contributed by atoms with Crippen LogP contribution >= 0.6 is 24.1 Å². The van der Waals surface area contributed by atoms with E-state index < -0.39 is 14.1 Å². The number of hydroxylamine groups is 1. The van der Waals surface area contributed by atoms with E-state index in [9.17, 15) is 14.5 Å². The number of rotatable bonds is 14. The van der Waals surface area contributed by atoms with Crippen LogP contribution in [0.4, 0.5) is 0 Å². The minimum atomic E-state index is -2.37. The van der Waals surface area contributed by atoms with Gasteiger partial charge in [0.15, 0.2) is 0 Å². The molecule has 0 saturated carbocycles. The molecule has 0 bridgehead atoms. The van der Waals surface area contributed by atoms with Gasteiger partial charge in [-0.3, -0.25) is 9.63 Å². The fourth-order valence-electron chi connectivity index (χ4n) is 4.28. The molecule has 10 heteroatoms. The summed E-state index contributed by atoms with van der Waals surface area (Å²) in [6.07, 6.45) is 1.41. The van der Waals surface area contributed by atoms with E-state index in [2.05, 4.69) is 15.9 Å². The van der Waals surface area contributed by atoms with Crippen LogP contribution in [-0.4, -0.2) is 15.9 Å². The quantitative estimate of drug-likeness (QED) is 0.0950. The first-order valence-corrected chi connectivity index (χ1v) is 15.1. The third kappa shape index (κ3) is 8.12. The first-order chi connectivity index (χ1) is 20.4. The number of halogens is 1. The Balaban J connectivity index is 1.34. The molecule has 5 aromatic rings. The number of nitrogens with zero attached hydrogens (tertiary/aromatic N) is 1. The molecule has 42 heavy (non-hydrogen) atoms. The van der Waals surface area contributed by atoms with E-state index in [1.165, 1.54) is 4.83 Å². The number of ether oxygens (including phenoxy) is 1. The van der Waals surface area contributed by atoms with Gasteiger partial charge in [-0.05, 0) is 67.0 Å². The number of carboxylic acid groups (broad SMARTS) is 1. The average molecular weight is 649 g/mol. The number of hydrogen-bond acceptors (Lipinski definition) is 6. The van der Waals surface area contributed by atoms with Crippen LogP contribution in [0.5, 0.6) is 5.75 Å². The van der Waals surface area contributed by atoms with Gasteiger partial charge < -0.3 is 14.3 Å². The van der Waals surface area contributed by atoms with Crippen molar-refractivity contribution in [2.24, 2.45) is 0 Å². The van der Waals surface area contributed by atoms with E-state index in [0.29, 0.717) is 16.9 Å². The maximum absolute atomic E-state index is 13.3.